The number of carbonyl (C=O) groups excluding carboxylic acids is 4. The van der Waals surface area contributed by atoms with E-state index in [0.717, 1.165) is 31.2 Å². The molecule has 8 nitrogen and oxygen atoms in total. The van der Waals surface area contributed by atoms with Crippen LogP contribution in [0.3, 0.4) is 0 Å². The van der Waals surface area contributed by atoms with E-state index >= 15 is 0 Å². The predicted octanol–water partition coefficient (Wildman–Crippen LogP) is 3.42. The summed E-state index contributed by atoms with van der Waals surface area (Å²) in [5.74, 6) is -0.480. The van der Waals surface area contributed by atoms with Crippen molar-refractivity contribution in [3.05, 3.63) is 35.9 Å². The number of carbonyl (C=O) groups is 4. The normalized spacial score (nSPS) is 20.9. The van der Waals surface area contributed by atoms with Gasteiger partial charge in [0.2, 0.25) is 0 Å². The number of hydrogen-bond donors (Lipinski definition) is 1. The van der Waals surface area contributed by atoms with Crippen LogP contribution in [0.15, 0.2) is 30.3 Å². The van der Waals surface area contributed by atoms with Gasteiger partial charge in [-0.25, -0.2) is 4.79 Å². The van der Waals surface area contributed by atoms with E-state index in [9.17, 15) is 19.2 Å². The first-order chi connectivity index (χ1) is 15.2. The highest BCUT2D eigenvalue weighted by molar-refractivity contribution is 6.01. The van der Waals surface area contributed by atoms with Gasteiger partial charge < -0.3 is 15.3 Å². The van der Waals surface area contributed by atoms with Gasteiger partial charge in [-0.3, -0.25) is 14.4 Å². The second-order valence-corrected chi connectivity index (χ2v) is 8.67. The van der Waals surface area contributed by atoms with Crippen molar-refractivity contribution >= 4 is 23.8 Å². The van der Waals surface area contributed by atoms with Gasteiger partial charge in [0.05, 0.1) is 13.0 Å². The molecule has 2 fully saturated rings. The summed E-state index contributed by atoms with van der Waals surface area (Å²) < 4.78 is 4.52. The summed E-state index contributed by atoms with van der Waals surface area (Å²) >= 11 is 0. The fraction of sp³-hybridized carbons (Fsp3) is 0.600. The number of methoxy groups -OCH3 is 1. The fourth-order valence-corrected chi connectivity index (χ4v) is 3.95. The van der Waals surface area contributed by atoms with E-state index in [2.05, 4.69) is 18.6 Å². The Kier molecular flexibility index (Phi) is 11.8. The minimum atomic E-state index is -0.563. The van der Waals surface area contributed by atoms with Crippen molar-refractivity contribution in [3.8, 4) is 0 Å². The molecule has 1 atom stereocenters. The molecule has 1 heterocycles. The maximum absolute atomic E-state index is 12.0. The zero-order valence-corrected chi connectivity index (χ0v) is 19.1. The summed E-state index contributed by atoms with van der Waals surface area (Å²) in [5, 5.41) is 0.650. The van der Waals surface area contributed by atoms with E-state index in [1.165, 1.54) is 7.11 Å². The number of benzene rings is 1. The van der Waals surface area contributed by atoms with Gasteiger partial charge in [0.1, 0.15) is 6.04 Å². The molecular formula is C25H38N2O6. The first-order valence-corrected chi connectivity index (χ1v) is 11.2. The summed E-state index contributed by atoms with van der Waals surface area (Å²) in [7, 11) is 1.34. The summed E-state index contributed by atoms with van der Waals surface area (Å²) in [4.78, 5) is 50.6. The third kappa shape index (κ3) is 8.61. The molecule has 184 valence electrons. The first kappa shape index (κ1) is 28.3. The molecule has 1 saturated carbocycles. The Morgan fingerprint density at radius 3 is 2.06 bits per heavy atom. The summed E-state index contributed by atoms with van der Waals surface area (Å²) in [6, 6.07) is 9.06. The molecule has 1 unspecified atom stereocenters. The van der Waals surface area contributed by atoms with Crippen LogP contribution in [0.2, 0.25) is 0 Å². The largest absolute Gasteiger partial charge is 0.468 e. The highest BCUT2D eigenvalue weighted by Gasteiger charge is 2.36. The lowest BCUT2D eigenvalue weighted by molar-refractivity contribution is -0.201. The smallest absolute Gasteiger partial charge is 0.336 e. The SMILES string of the molecule is C.CC(C)C1CCC(C(=O)ON2C(=O)CCC2=O)CC1.COC(=O)C(N)Cc1ccccc1. The first-order valence-electron chi connectivity index (χ1n) is 11.2. The van der Waals surface area contributed by atoms with E-state index in [1.807, 2.05) is 30.3 Å². The molecule has 2 aliphatic rings. The number of amides is 2. The molecule has 0 spiro atoms. The number of hydroxylamine groups is 2. The van der Waals surface area contributed by atoms with E-state index in [0.29, 0.717) is 23.3 Å². The van der Waals surface area contributed by atoms with E-state index in [4.69, 9.17) is 10.6 Å². The molecule has 0 aromatic heterocycles. The van der Waals surface area contributed by atoms with Crippen LogP contribution in [-0.4, -0.2) is 42.0 Å². The van der Waals surface area contributed by atoms with Crippen molar-refractivity contribution in [2.24, 2.45) is 23.5 Å². The van der Waals surface area contributed by atoms with Gasteiger partial charge in [-0.1, -0.05) is 51.6 Å². The van der Waals surface area contributed by atoms with Crippen molar-refractivity contribution in [1.82, 2.24) is 5.06 Å². The fourth-order valence-electron chi connectivity index (χ4n) is 3.95. The molecule has 33 heavy (non-hydrogen) atoms. The molecule has 2 amide bonds. The third-order valence-corrected chi connectivity index (χ3v) is 6.04. The molecular weight excluding hydrogens is 424 g/mol. The minimum absolute atomic E-state index is 0. The van der Waals surface area contributed by atoms with Crippen LogP contribution in [0, 0.1) is 17.8 Å². The molecule has 1 aliphatic carbocycles. The van der Waals surface area contributed by atoms with Crippen LogP contribution in [0.4, 0.5) is 0 Å². The lowest BCUT2D eigenvalue weighted by Crippen LogP contribution is -2.36. The van der Waals surface area contributed by atoms with Gasteiger partial charge in [-0.2, -0.15) is 0 Å². The van der Waals surface area contributed by atoms with Crippen molar-refractivity contribution in [1.29, 1.82) is 0 Å². The highest BCUT2D eigenvalue weighted by atomic mass is 16.7. The highest BCUT2D eigenvalue weighted by Crippen LogP contribution is 2.34. The van der Waals surface area contributed by atoms with Crippen LogP contribution < -0.4 is 5.73 Å². The molecule has 1 saturated heterocycles. The van der Waals surface area contributed by atoms with Crippen LogP contribution in [-0.2, 0) is 35.2 Å². The second-order valence-electron chi connectivity index (χ2n) is 8.67. The Morgan fingerprint density at radius 1 is 1.03 bits per heavy atom. The Hall–Kier alpha value is -2.74. The van der Waals surface area contributed by atoms with Gasteiger partial charge in [0.25, 0.3) is 11.8 Å². The number of rotatable bonds is 6. The lowest BCUT2D eigenvalue weighted by Gasteiger charge is -2.29. The average Bonchev–Trinajstić information content (AvgIpc) is 3.11. The molecule has 1 aromatic rings. The van der Waals surface area contributed by atoms with E-state index in [1.54, 1.807) is 0 Å². The van der Waals surface area contributed by atoms with Gasteiger partial charge in [0, 0.05) is 12.8 Å². The zero-order chi connectivity index (χ0) is 23.7. The number of imide groups is 1. The predicted molar refractivity (Wildman–Crippen MR) is 124 cm³/mol. The Labute approximate surface area is 196 Å². The zero-order valence-electron chi connectivity index (χ0n) is 19.1. The standard InChI is InChI=1S/C14H21NO4.C10H13NO2.CH4/c1-9(2)10-3-5-11(6-4-10)14(18)19-15-12(16)7-8-13(15)17;1-13-10(12)9(11)7-8-5-3-2-4-6-8;/h9-11H,3-8H2,1-2H3;2-6,9H,7,11H2,1H3;1H4. The number of nitrogens with two attached hydrogens (primary N) is 1. The summed E-state index contributed by atoms with van der Waals surface area (Å²) in [5.41, 5.74) is 6.63. The van der Waals surface area contributed by atoms with E-state index < -0.39 is 23.8 Å². The van der Waals surface area contributed by atoms with Crippen molar-refractivity contribution in [2.45, 2.75) is 72.3 Å². The number of esters is 1. The molecule has 8 heteroatoms. The van der Waals surface area contributed by atoms with Crippen molar-refractivity contribution in [2.75, 3.05) is 7.11 Å². The maximum atomic E-state index is 12.0. The van der Waals surface area contributed by atoms with Gasteiger partial charge in [-0.15, -0.1) is 5.06 Å². The number of nitrogens with zero attached hydrogens (tertiary/aromatic N) is 1. The maximum Gasteiger partial charge on any atom is 0.336 e. The molecule has 1 aromatic carbocycles. The number of ether oxygens (including phenoxy) is 1. The van der Waals surface area contributed by atoms with Crippen LogP contribution in [0.1, 0.15) is 65.4 Å². The van der Waals surface area contributed by atoms with Gasteiger partial charge in [-0.05, 0) is 49.5 Å². The second kappa shape index (κ2) is 13.7. The third-order valence-electron chi connectivity index (χ3n) is 6.04. The average molecular weight is 463 g/mol. The van der Waals surface area contributed by atoms with Gasteiger partial charge >= 0.3 is 11.9 Å². The Bertz CT molecular complexity index is 771. The summed E-state index contributed by atoms with van der Waals surface area (Å²) in [6.45, 7) is 4.40. The van der Waals surface area contributed by atoms with Crippen LogP contribution in [0.5, 0.6) is 0 Å². The molecule has 2 N–H and O–H groups in total. The molecule has 0 bridgehead atoms. The van der Waals surface area contributed by atoms with Crippen molar-refractivity contribution < 1.29 is 28.8 Å². The minimum Gasteiger partial charge on any atom is -0.468 e. The monoisotopic (exact) mass is 462 g/mol. The Balaban J connectivity index is 0.000000343. The summed E-state index contributed by atoms with van der Waals surface area (Å²) in [6.07, 6.45) is 4.42. The van der Waals surface area contributed by atoms with Crippen LogP contribution >= 0.6 is 0 Å². The van der Waals surface area contributed by atoms with Crippen molar-refractivity contribution in [3.63, 3.8) is 0 Å². The molecule has 0 radical (unpaired) electrons. The van der Waals surface area contributed by atoms with Crippen LogP contribution in [0.25, 0.3) is 0 Å². The Morgan fingerprint density at radius 2 is 1.58 bits per heavy atom. The topological polar surface area (TPSA) is 116 Å². The lowest BCUT2D eigenvalue weighted by atomic mass is 9.77. The number of hydrogen-bond acceptors (Lipinski definition) is 7. The molecule has 3 rings (SSSR count). The quantitative estimate of drug-likeness (QED) is 0.508. The van der Waals surface area contributed by atoms with Gasteiger partial charge in [0.15, 0.2) is 0 Å². The molecule has 1 aliphatic heterocycles. The van der Waals surface area contributed by atoms with E-state index in [-0.39, 0.29) is 32.2 Å².